The number of aryl methyl sites for hydroxylation is 4. The van der Waals surface area contributed by atoms with Gasteiger partial charge in [0.25, 0.3) is 0 Å². The molecule has 1 fully saturated rings. The number of rotatable bonds is 6. The van der Waals surface area contributed by atoms with Crippen molar-refractivity contribution in [1.29, 1.82) is 0 Å². The first-order chi connectivity index (χ1) is 38.5. The topological polar surface area (TPSA) is 99.0 Å². The molecule has 5 aromatic rings. The van der Waals surface area contributed by atoms with Crippen LogP contribution in [0, 0.1) is 13.8 Å². The van der Waals surface area contributed by atoms with Crippen LogP contribution >= 0.6 is 0 Å². The molecule has 13 rings (SSSR count). The predicted molar refractivity (Wildman–Crippen MR) is 307 cm³/mol. The summed E-state index contributed by atoms with van der Waals surface area (Å²) in [5.74, 6) is 4.56. The molecule has 0 amide bonds. The normalized spacial score (nSPS) is 19.4. The summed E-state index contributed by atoms with van der Waals surface area (Å²) in [5, 5.41) is 2.63. The molecule has 0 saturated carbocycles. The standard InChI is InChI=1S/C64H80N5O9/c1-45-12-15-54-57(40-45)75-32-26-67(27-33-76-58-41-46(2)13-16-55(58)66-24-30-73-37-35-71-28-22-65(54)23-29-72-36-38-74-31-25-66)56-17-14-47(44-59(56)77-39-34-70-3)60-52-42-48-8-4-18-68-20-6-10-50(61(48)68)63(52)78-64-51-11-7-21-69-19-5-9-49(62(51)69)43-53(60)64/h12-17,40-44H,4-11,18-39H2,1-3H3/q+1. The summed E-state index contributed by atoms with van der Waals surface area (Å²) in [5.41, 5.74) is 15.9. The summed E-state index contributed by atoms with van der Waals surface area (Å²) in [7, 11) is 1.73. The number of fused-ring (bicyclic) bond motifs is 24. The van der Waals surface area contributed by atoms with Crippen molar-refractivity contribution in [2.75, 3.05) is 171 Å². The number of benzene rings is 5. The van der Waals surface area contributed by atoms with Gasteiger partial charge in [0, 0.05) is 92.4 Å². The van der Waals surface area contributed by atoms with E-state index in [4.69, 9.17) is 42.6 Å². The first kappa shape index (κ1) is 52.7. The van der Waals surface area contributed by atoms with E-state index in [1.165, 1.54) is 62.5 Å². The van der Waals surface area contributed by atoms with Gasteiger partial charge >= 0.3 is 0 Å². The summed E-state index contributed by atoms with van der Waals surface area (Å²) < 4.78 is 61.3. The van der Waals surface area contributed by atoms with E-state index in [-0.39, 0.29) is 0 Å². The van der Waals surface area contributed by atoms with Crippen molar-refractivity contribution < 1.29 is 42.6 Å². The number of nitrogens with zero attached hydrogens (tertiary/aromatic N) is 5. The van der Waals surface area contributed by atoms with Crippen LogP contribution in [0.1, 0.15) is 70.2 Å². The van der Waals surface area contributed by atoms with E-state index < -0.39 is 0 Å². The summed E-state index contributed by atoms with van der Waals surface area (Å²) >= 11 is 0. The van der Waals surface area contributed by atoms with Crippen LogP contribution in [-0.2, 0) is 49.4 Å². The number of hydrogen-bond acceptors (Lipinski definition) is 13. The van der Waals surface area contributed by atoms with Gasteiger partial charge in [0.05, 0.1) is 95.2 Å². The minimum atomic E-state index is 0.395. The second-order valence-electron chi connectivity index (χ2n) is 21.9. The van der Waals surface area contributed by atoms with Gasteiger partial charge in [0.1, 0.15) is 61.7 Å². The molecule has 0 N–H and O–H groups in total. The van der Waals surface area contributed by atoms with Crippen molar-refractivity contribution in [2.24, 2.45) is 0 Å². The molecule has 0 unspecified atom stereocenters. The maximum Gasteiger partial charge on any atom is 0.210 e. The fourth-order valence-corrected chi connectivity index (χ4v) is 13.0. The molecule has 2 bridgehead atoms. The molecule has 8 heterocycles. The average Bonchev–Trinajstić information content (AvgIpc) is 3.56. The van der Waals surface area contributed by atoms with Crippen LogP contribution < -0.4 is 53.7 Å². The first-order valence-electron chi connectivity index (χ1n) is 29.2. The van der Waals surface area contributed by atoms with Crippen molar-refractivity contribution in [1.82, 2.24) is 4.58 Å². The van der Waals surface area contributed by atoms with Crippen LogP contribution in [0.5, 0.6) is 28.7 Å². The fourth-order valence-electron chi connectivity index (χ4n) is 13.0. The molecule has 14 heteroatoms. The van der Waals surface area contributed by atoms with E-state index >= 15 is 0 Å². The molecule has 5 aromatic carbocycles. The van der Waals surface area contributed by atoms with Crippen molar-refractivity contribution in [3.63, 3.8) is 0 Å². The Morgan fingerprint density at radius 2 is 1.06 bits per heavy atom. The summed E-state index contributed by atoms with van der Waals surface area (Å²) in [6.07, 6.45) is 8.81. The van der Waals surface area contributed by atoms with E-state index in [1.54, 1.807) is 7.11 Å². The van der Waals surface area contributed by atoms with E-state index in [9.17, 15) is 0 Å². The van der Waals surface area contributed by atoms with Gasteiger partial charge < -0.3 is 62.2 Å². The lowest BCUT2D eigenvalue weighted by Gasteiger charge is -2.39. The van der Waals surface area contributed by atoms with Crippen LogP contribution in [0.3, 0.4) is 0 Å². The quantitative estimate of drug-likeness (QED) is 0.0941. The lowest BCUT2D eigenvalue weighted by molar-refractivity contribution is 0.0435. The molecule has 8 aliphatic rings. The second kappa shape index (κ2) is 24.5. The van der Waals surface area contributed by atoms with Crippen molar-refractivity contribution in [3.8, 4) is 28.7 Å². The molecule has 0 spiro atoms. The second-order valence-corrected chi connectivity index (χ2v) is 21.9. The van der Waals surface area contributed by atoms with E-state index in [0.717, 1.165) is 127 Å². The molecular formula is C64H80N5O9+. The lowest BCUT2D eigenvalue weighted by atomic mass is 9.82. The monoisotopic (exact) mass is 1060 g/mol. The van der Waals surface area contributed by atoms with Crippen LogP contribution in [0.4, 0.5) is 22.7 Å². The Bertz CT molecular complexity index is 2980. The fraction of sp³-hybridized carbons (Fsp3) is 0.516. The van der Waals surface area contributed by atoms with Gasteiger partial charge in [-0.1, -0.05) is 18.2 Å². The van der Waals surface area contributed by atoms with E-state index in [2.05, 4.69) is 105 Å². The maximum absolute atomic E-state index is 7.46. The van der Waals surface area contributed by atoms with Gasteiger partial charge in [-0.3, -0.25) is 0 Å². The minimum absolute atomic E-state index is 0.395. The van der Waals surface area contributed by atoms with Crippen molar-refractivity contribution in [3.05, 3.63) is 122 Å². The molecule has 0 radical (unpaired) electrons. The van der Waals surface area contributed by atoms with Crippen LogP contribution in [-0.4, -0.2) is 152 Å². The van der Waals surface area contributed by atoms with Gasteiger partial charge in [-0.05, 0) is 123 Å². The van der Waals surface area contributed by atoms with Crippen LogP contribution in [0.2, 0.25) is 0 Å². The zero-order valence-electron chi connectivity index (χ0n) is 46.5. The molecular weight excluding hydrogens is 983 g/mol. The highest BCUT2D eigenvalue weighted by molar-refractivity contribution is 5.90. The Hall–Kier alpha value is -6.03. The molecule has 0 atom stereocenters. The zero-order valence-corrected chi connectivity index (χ0v) is 46.5. The van der Waals surface area contributed by atoms with Crippen molar-refractivity contribution >= 4 is 28.3 Å². The third-order valence-corrected chi connectivity index (χ3v) is 16.7. The van der Waals surface area contributed by atoms with Gasteiger partial charge in [0.15, 0.2) is 0 Å². The Balaban J connectivity index is 0.972. The molecule has 78 heavy (non-hydrogen) atoms. The third-order valence-electron chi connectivity index (χ3n) is 16.7. The van der Waals surface area contributed by atoms with Gasteiger partial charge in [-0.25, -0.2) is 4.58 Å². The Kier molecular flexibility index (Phi) is 16.6. The Morgan fingerprint density at radius 3 is 1.71 bits per heavy atom. The predicted octanol–water partition coefficient (Wildman–Crippen LogP) is 7.43. The minimum Gasteiger partial charge on any atom is -0.490 e. The molecule has 8 aliphatic heterocycles. The highest BCUT2D eigenvalue weighted by Crippen LogP contribution is 2.49. The number of anilines is 4. The van der Waals surface area contributed by atoms with Gasteiger partial charge in [-0.15, -0.1) is 0 Å². The molecule has 1 saturated heterocycles. The zero-order chi connectivity index (χ0) is 52.8. The van der Waals surface area contributed by atoms with Gasteiger partial charge in [0.2, 0.25) is 5.36 Å². The number of hydrogen-bond donors (Lipinski definition) is 0. The molecule has 414 valence electrons. The summed E-state index contributed by atoms with van der Waals surface area (Å²) in [6.45, 7) is 18.4. The highest BCUT2D eigenvalue weighted by atomic mass is 16.5. The van der Waals surface area contributed by atoms with E-state index in [0.29, 0.717) is 119 Å². The molecule has 14 nitrogen and oxygen atoms in total. The average molecular weight is 1060 g/mol. The Morgan fingerprint density at radius 1 is 0.500 bits per heavy atom. The van der Waals surface area contributed by atoms with Gasteiger partial charge in [-0.2, -0.15) is 0 Å². The molecule has 0 aliphatic carbocycles. The summed E-state index contributed by atoms with van der Waals surface area (Å²) in [4.78, 5) is 9.64. The van der Waals surface area contributed by atoms with Crippen LogP contribution in [0.25, 0.3) is 5.57 Å². The SMILES string of the molecule is COCCOc1cc(C2=c3cc4c5c(c3Oc3c2cc2c6c3CCCN6CCC2)CCC[N+]=5CCC4)ccc1N1CCOc2cc(C)ccc2N2CCOCCOCCN(CCOCCOCC2)c2ccc(C)cc2OCC1. The van der Waals surface area contributed by atoms with E-state index in [1.807, 2.05) is 0 Å². The lowest BCUT2D eigenvalue weighted by Crippen LogP contribution is -2.45. The molecule has 0 aromatic heterocycles. The first-order valence-corrected chi connectivity index (χ1v) is 29.2. The van der Waals surface area contributed by atoms with Crippen LogP contribution in [0.15, 0.2) is 66.7 Å². The largest absolute Gasteiger partial charge is 0.490 e. The number of ether oxygens (including phenoxy) is 9. The Labute approximate surface area is 461 Å². The highest BCUT2D eigenvalue weighted by Gasteiger charge is 2.36. The smallest absolute Gasteiger partial charge is 0.210 e. The maximum atomic E-state index is 7.46. The number of methoxy groups -OCH3 is 1. The van der Waals surface area contributed by atoms with Crippen molar-refractivity contribution in [2.45, 2.75) is 65.2 Å². The third kappa shape index (κ3) is 11.3. The summed E-state index contributed by atoms with van der Waals surface area (Å²) in [6, 6.07) is 24.8.